The van der Waals surface area contributed by atoms with E-state index in [-0.39, 0.29) is 5.56 Å². The van der Waals surface area contributed by atoms with Crippen LogP contribution < -0.4 is 0 Å². The van der Waals surface area contributed by atoms with E-state index in [9.17, 15) is 8.78 Å². The molecule has 0 radical (unpaired) electrons. The van der Waals surface area contributed by atoms with Gasteiger partial charge in [0.25, 0.3) is 5.66 Å². The summed E-state index contributed by atoms with van der Waals surface area (Å²) < 4.78 is 25.3. The highest BCUT2D eigenvalue weighted by molar-refractivity contribution is 7.17. The monoisotopic (exact) mass is 175 g/mol. The van der Waals surface area contributed by atoms with Crippen molar-refractivity contribution in [3.8, 4) is 0 Å². The van der Waals surface area contributed by atoms with Crippen molar-refractivity contribution in [3.63, 3.8) is 0 Å². The predicted molar refractivity (Wildman–Crippen MR) is 42.6 cm³/mol. The van der Waals surface area contributed by atoms with Gasteiger partial charge in [0, 0.05) is 17.5 Å². The maximum absolute atomic E-state index is 12.6. The van der Waals surface area contributed by atoms with E-state index in [4.69, 9.17) is 0 Å². The molecule has 1 unspecified atom stereocenters. The highest BCUT2D eigenvalue weighted by atomic mass is 31.0. The van der Waals surface area contributed by atoms with Gasteiger partial charge in [-0.3, -0.25) is 4.98 Å². The van der Waals surface area contributed by atoms with Crippen molar-refractivity contribution in [2.75, 3.05) is 0 Å². The summed E-state index contributed by atoms with van der Waals surface area (Å²) in [7, 11) is 1.49. The normalized spacial score (nSPS) is 11.6. The first-order chi connectivity index (χ1) is 5.02. The Morgan fingerprint density at radius 3 is 2.55 bits per heavy atom. The first kappa shape index (κ1) is 8.54. The summed E-state index contributed by atoms with van der Waals surface area (Å²) in [5, 5.41) is 0. The van der Waals surface area contributed by atoms with E-state index in [1.54, 1.807) is 6.92 Å². The topological polar surface area (TPSA) is 12.9 Å². The molecule has 0 saturated heterocycles. The molecule has 0 fully saturated rings. The third kappa shape index (κ3) is 1.93. The van der Waals surface area contributed by atoms with E-state index in [0.717, 1.165) is 0 Å². The van der Waals surface area contributed by atoms with Gasteiger partial charge in [0.05, 0.1) is 0 Å². The van der Waals surface area contributed by atoms with Crippen LogP contribution in [-0.2, 0) is 5.66 Å². The molecule has 0 aliphatic carbocycles. The third-order valence-corrected chi connectivity index (χ3v) is 1.68. The van der Waals surface area contributed by atoms with Crippen LogP contribution in [-0.4, -0.2) is 4.98 Å². The smallest absolute Gasteiger partial charge is 0.261 e. The van der Waals surface area contributed by atoms with Crippen molar-refractivity contribution >= 4 is 9.24 Å². The van der Waals surface area contributed by atoms with Crippen molar-refractivity contribution in [3.05, 3.63) is 29.6 Å². The molecule has 11 heavy (non-hydrogen) atoms. The average Bonchev–Trinajstić information content (AvgIpc) is 1.86. The Bertz CT molecular complexity index is 257. The minimum Gasteiger partial charge on any atom is -0.261 e. The molecule has 0 aromatic carbocycles. The maximum Gasteiger partial charge on any atom is 0.285 e. The van der Waals surface area contributed by atoms with Gasteiger partial charge in [-0.1, -0.05) is 9.24 Å². The molecule has 1 heterocycles. The zero-order valence-electron chi connectivity index (χ0n) is 6.01. The van der Waals surface area contributed by atoms with E-state index < -0.39 is 5.66 Å². The second-order valence-corrected chi connectivity index (χ2v) is 2.98. The Labute approximate surface area is 66.0 Å². The lowest BCUT2D eigenvalue weighted by atomic mass is 10.2. The number of hydrogen-bond acceptors (Lipinski definition) is 1. The van der Waals surface area contributed by atoms with E-state index in [1.807, 2.05) is 0 Å². The predicted octanol–water partition coefficient (Wildman–Crippen LogP) is 2.31. The molecule has 1 rings (SSSR count). The maximum atomic E-state index is 12.6. The fourth-order valence-electron chi connectivity index (χ4n) is 0.837. The third-order valence-electron chi connectivity index (χ3n) is 1.37. The van der Waals surface area contributed by atoms with Crippen LogP contribution in [0.2, 0.25) is 0 Å². The summed E-state index contributed by atoms with van der Waals surface area (Å²) in [6.07, 6.45) is 1.50. The average molecular weight is 175 g/mol. The van der Waals surface area contributed by atoms with Gasteiger partial charge in [0.2, 0.25) is 0 Å². The summed E-state index contributed by atoms with van der Waals surface area (Å²) in [5.74, 6) is 0. The standard InChI is InChI=1S/C7H8F2NP/c1-5-6(7(8,9)11)3-2-4-10-5/h2-4H,11H2,1H3. The van der Waals surface area contributed by atoms with Crippen LogP contribution in [0.5, 0.6) is 0 Å². The molecule has 1 aromatic heterocycles. The molecule has 0 amide bonds. The summed E-state index contributed by atoms with van der Waals surface area (Å²) in [4.78, 5) is 3.75. The van der Waals surface area contributed by atoms with Crippen LogP contribution in [0.4, 0.5) is 8.78 Å². The number of aryl methyl sites for hydroxylation is 1. The van der Waals surface area contributed by atoms with Crippen molar-refractivity contribution in [1.82, 2.24) is 4.98 Å². The molecule has 1 nitrogen and oxygen atoms in total. The van der Waals surface area contributed by atoms with Crippen molar-refractivity contribution in [1.29, 1.82) is 0 Å². The zero-order chi connectivity index (χ0) is 8.48. The van der Waals surface area contributed by atoms with E-state index >= 15 is 0 Å². The van der Waals surface area contributed by atoms with E-state index in [0.29, 0.717) is 5.69 Å². The van der Waals surface area contributed by atoms with Crippen LogP contribution in [0.3, 0.4) is 0 Å². The molecule has 0 aliphatic rings. The Balaban J connectivity index is 3.14. The van der Waals surface area contributed by atoms with Crippen LogP contribution in [0.15, 0.2) is 18.3 Å². The van der Waals surface area contributed by atoms with Gasteiger partial charge in [0.1, 0.15) is 0 Å². The highest BCUT2D eigenvalue weighted by Gasteiger charge is 2.26. The van der Waals surface area contributed by atoms with Gasteiger partial charge in [-0.05, 0) is 19.1 Å². The Morgan fingerprint density at radius 2 is 2.18 bits per heavy atom. The molecule has 4 heteroatoms. The van der Waals surface area contributed by atoms with Gasteiger partial charge in [-0.15, -0.1) is 0 Å². The quantitative estimate of drug-likeness (QED) is 0.597. The number of halogens is 2. The first-order valence-electron chi connectivity index (χ1n) is 3.10. The number of alkyl halides is 2. The lowest BCUT2D eigenvalue weighted by Crippen LogP contribution is -2.05. The highest BCUT2D eigenvalue weighted by Crippen LogP contribution is 2.35. The second-order valence-electron chi connectivity index (χ2n) is 2.26. The molecule has 0 N–H and O–H groups in total. The van der Waals surface area contributed by atoms with Gasteiger partial charge >= 0.3 is 0 Å². The number of pyridine rings is 1. The fourth-order valence-corrected chi connectivity index (χ4v) is 1.14. The number of hydrogen-bond donors (Lipinski definition) is 0. The molecule has 1 aromatic rings. The molecular weight excluding hydrogens is 167 g/mol. The second kappa shape index (κ2) is 2.82. The van der Waals surface area contributed by atoms with E-state index in [2.05, 4.69) is 4.98 Å². The molecule has 0 saturated carbocycles. The molecule has 0 aliphatic heterocycles. The molecular formula is C7H8F2NP. The van der Waals surface area contributed by atoms with Gasteiger partial charge in [-0.2, -0.15) is 8.78 Å². The molecule has 1 atom stereocenters. The molecule has 60 valence electrons. The van der Waals surface area contributed by atoms with Gasteiger partial charge in [0.15, 0.2) is 0 Å². The minimum absolute atomic E-state index is 0.0370. The van der Waals surface area contributed by atoms with Crippen LogP contribution in [0, 0.1) is 6.92 Å². The number of rotatable bonds is 1. The zero-order valence-corrected chi connectivity index (χ0v) is 7.17. The van der Waals surface area contributed by atoms with Gasteiger partial charge in [-0.25, -0.2) is 0 Å². The van der Waals surface area contributed by atoms with Crippen LogP contribution in [0.25, 0.3) is 0 Å². The van der Waals surface area contributed by atoms with Crippen molar-refractivity contribution in [2.24, 2.45) is 0 Å². The number of aromatic nitrogens is 1. The Kier molecular flexibility index (Phi) is 2.19. The number of nitrogens with zero attached hydrogens (tertiary/aromatic N) is 1. The summed E-state index contributed by atoms with van der Waals surface area (Å²) in [6.45, 7) is 1.56. The molecule has 0 bridgehead atoms. The van der Waals surface area contributed by atoms with Crippen molar-refractivity contribution in [2.45, 2.75) is 12.6 Å². The molecule has 0 spiro atoms. The SMILES string of the molecule is Cc1ncccc1C(F)(F)P. The summed E-state index contributed by atoms with van der Waals surface area (Å²) in [5.41, 5.74) is -2.53. The van der Waals surface area contributed by atoms with Crippen LogP contribution >= 0.6 is 9.24 Å². The van der Waals surface area contributed by atoms with Crippen molar-refractivity contribution < 1.29 is 8.78 Å². The minimum atomic E-state index is -2.86. The Morgan fingerprint density at radius 1 is 1.55 bits per heavy atom. The summed E-state index contributed by atoms with van der Waals surface area (Å²) in [6, 6.07) is 2.87. The largest absolute Gasteiger partial charge is 0.285 e. The summed E-state index contributed by atoms with van der Waals surface area (Å²) >= 11 is 0. The Hall–Kier alpha value is -0.560. The van der Waals surface area contributed by atoms with Gasteiger partial charge < -0.3 is 0 Å². The lowest BCUT2D eigenvalue weighted by molar-refractivity contribution is 0.103. The van der Waals surface area contributed by atoms with E-state index in [1.165, 1.54) is 27.6 Å². The first-order valence-corrected chi connectivity index (χ1v) is 3.68. The lowest BCUT2D eigenvalue weighted by Gasteiger charge is -2.11. The van der Waals surface area contributed by atoms with Crippen LogP contribution in [0.1, 0.15) is 11.3 Å². The fraction of sp³-hybridized carbons (Fsp3) is 0.286.